The van der Waals surface area contributed by atoms with Crippen molar-refractivity contribution in [3.63, 3.8) is 0 Å². The summed E-state index contributed by atoms with van der Waals surface area (Å²) in [5, 5.41) is 17.5. The van der Waals surface area contributed by atoms with E-state index in [4.69, 9.17) is 10.5 Å². The molecule has 160 valence electrons. The number of thioether (sulfide) groups is 1. The highest BCUT2D eigenvalue weighted by Gasteiger charge is 2.60. The van der Waals surface area contributed by atoms with E-state index < -0.39 is 5.41 Å². The third-order valence-corrected chi connectivity index (χ3v) is 7.05. The van der Waals surface area contributed by atoms with E-state index >= 15 is 0 Å². The molecular weight excluding hydrogens is 422 g/mol. The molecule has 0 unspecified atom stereocenters. The van der Waals surface area contributed by atoms with Crippen LogP contribution in [0.5, 0.6) is 5.88 Å². The quantitative estimate of drug-likeness (QED) is 0.595. The maximum atomic E-state index is 14.0. The van der Waals surface area contributed by atoms with Gasteiger partial charge in [-0.1, -0.05) is 35.9 Å². The van der Waals surface area contributed by atoms with Gasteiger partial charge in [-0.15, -0.1) is 16.9 Å². The fourth-order valence-electron chi connectivity index (χ4n) is 4.57. The summed E-state index contributed by atoms with van der Waals surface area (Å²) in [5.41, 5.74) is 8.85. The van der Waals surface area contributed by atoms with Crippen molar-refractivity contribution in [2.75, 3.05) is 11.4 Å². The number of benzene rings is 2. The predicted octanol–water partition coefficient (Wildman–Crippen LogP) is 3.75. The molecule has 0 bridgehead atoms. The molecule has 1 aromatic heterocycles. The number of nitrogens with zero attached hydrogens (tertiary/aromatic N) is 3. The van der Waals surface area contributed by atoms with Crippen molar-refractivity contribution in [2.24, 2.45) is 5.73 Å². The summed E-state index contributed by atoms with van der Waals surface area (Å²) in [4.78, 5) is 16.8. The number of nitriles is 1. The van der Waals surface area contributed by atoms with Gasteiger partial charge in [-0.05, 0) is 32.0 Å². The Balaban J connectivity index is 1.69. The van der Waals surface area contributed by atoms with Crippen LogP contribution in [0, 0.1) is 18.3 Å². The predicted molar refractivity (Wildman–Crippen MR) is 122 cm³/mol. The number of likely N-dealkylation sites (N-methyl/N-ethyl adjacent to an activating group) is 1. The normalized spacial score (nSPS) is 19.0. The third-order valence-electron chi connectivity index (χ3n) is 6.01. The van der Waals surface area contributed by atoms with Crippen LogP contribution in [0.3, 0.4) is 0 Å². The average Bonchev–Trinajstić information content (AvgIpc) is 3.31. The maximum Gasteiger partial charge on any atom is 0.247 e. The Hall–Kier alpha value is -3.70. The lowest BCUT2D eigenvalue weighted by Crippen LogP contribution is -2.46. The van der Waals surface area contributed by atoms with Gasteiger partial charge in [0, 0.05) is 28.4 Å². The summed E-state index contributed by atoms with van der Waals surface area (Å²) in [5.74, 6) is 0.456. The summed E-state index contributed by atoms with van der Waals surface area (Å²) >= 11 is 1.62. The van der Waals surface area contributed by atoms with Crippen LogP contribution in [0.15, 0.2) is 64.9 Å². The molecule has 0 aliphatic carbocycles. The Morgan fingerprint density at radius 2 is 2.00 bits per heavy atom. The number of anilines is 1. The third kappa shape index (κ3) is 2.68. The molecule has 8 heteroatoms. The molecule has 0 radical (unpaired) electrons. The van der Waals surface area contributed by atoms with E-state index in [0.717, 1.165) is 21.8 Å². The van der Waals surface area contributed by atoms with Crippen molar-refractivity contribution in [1.29, 1.82) is 5.26 Å². The number of carbonyl (C=O) groups excluding carboxylic acids is 1. The lowest BCUT2D eigenvalue weighted by atomic mass is 9.69. The highest BCUT2D eigenvalue weighted by atomic mass is 32.2. The second-order valence-corrected chi connectivity index (χ2v) is 8.80. The first-order valence-corrected chi connectivity index (χ1v) is 11.3. The fourth-order valence-corrected chi connectivity index (χ4v) is 5.42. The monoisotopic (exact) mass is 443 g/mol. The number of hydrogen-bond acceptors (Lipinski definition) is 6. The number of para-hydroxylation sites is 1. The van der Waals surface area contributed by atoms with Gasteiger partial charge >= 0.3 is 0 Å². The molecule has 0 fully saturated rings. The second-order valence-electron chi connectivity index (χ2n) is 7.75. The number of H-pyrrole nitrogens is 1. The van der Waals surface area contributed by atoms with Gasteiger partial charge < -0.3 is 15.4 Å². The molecule has 3 aromatic rings. The molecular formula is C24H21N5O2S. The molecule has 5 rings (SSSR count). The fraction of sp³-hybridized carbons (Fsp3) is 0.208. The van der Waals surface area contributed by atoms with Crippen molar-refractivity contribution in [3.05, 3.63) is 82.4 Å². The zero-order chi connectivity index (χ0) is 22.5. The lowest BCUT2D eigenvalue weighted by molar-refractivity contribution is -0.120. The molecule has 7 nitrogen and oxygen atoms in total. The van der Waals surface area contributed by atoms with Crippen LogP contribution >= 0.6 is 11.8 Å². The number of nitrogens with one attached hydrogen (secondary N) is 1. The summed E-state index contributed by atoms with van der Waals surface area (Å²) in [7, 11) is 0. The van der Waals surface area contributed by atoms with E-state index in [2.05, 4.69) is 40.5 Å². The summed E-state index contributed by atoms with van der Waals surface area (Å²) in [6.45, 7) is 4.43. The van der Waals surface area contributed by atoms with Crippen LogP contribution in [0.1, 0.15) is 29.3 Å². The van der Waals surface area contributed by atoms with Crippen LogP contribution in [0.25, 0.3) is 0 Å². The molecule has 2 aliphatic heterocycles. The number of ether oxygens (including phenoxy) is 1. The highest BCUT2D eigenvalue weighted by Crippen LogP contribution is 2.55. The number of hydrogen-bond donors (Lipinski definition) is 2. The summed E-state index contributed by atoms with van der Waals surface area (Å²) in [6, 6.07) is 17.9. The first kappa shape index (κ1) is 20.2. The largest absolute Gasteiger partial charge is 0.420 e. The van der Waals surface area contributed by atoms with Gasteiger partial charge in [-0.3, -0.25) is 9.89 Å². The molecule has 1 atom stereocenters. The Morgan fingerprint density at radius 3 is 2.72 bits per heavy atom. The number of fused-ring (bicyclic) bond motifs is 4. The minimum Gasteiger partial charge on any atom is -0.420 e. The second kappa shape index (κ2) is 7.46. The van der Waals surface area contributed by atoms with Crippen molar-refractivity contribution < 1.29 is 9.53 Å². The number of rotatable bonds is 4. The van der Waals surface area contributed by atoms with Gasteiger partial charge in [0.05, 0.1) is 11.3 Å². The van der Waals surface area contributed by atoms with Crippen molar-refractivity contribution in [2.45, 2.75) is 29.9 Å². The van der Waals surface area contributed by atoms with Gasteiger partial charge in [-0.25, -0.2) is 0 Å². The van der Waals surface area contributed by atoms with Gasteiger partial charge in [-0.2, -0.15) is 5.26 Å². The van der Waals surface area contributed by atoms with Gasteiger partial charge in [0.15, 0.2) is 0 Å². The minimum atomic E-state index is -1.38. The molecule has 32 heavy (non-hydrogen) atoms. The molecule has 3 heterocycles. The molecule has 0 saturated carbocycles. The topological polar surface area (TPSA) is 108 Å². The number of aromatic amines is 1. The Bertz CT molecular complexity index is 1300. The molecule has 2 aliphatic rings. The minimum absolute atomic E-state index is 0.0923. The zero-order valence-corrected chi connectivity index (χ0v) is 18.5. The maximum absolute atomic E-state index is 14.0. The first-order chi connectivity index (χ1) is 15.5. The summed E-state index contributed by atoms with van der Waals surface area (Å²) < 4.78 is 5.72. The van der Waals surface area contributed by atoms with Gasteiger partial charge in [0.2, 0.25) is 17.7 Å². The number of nitrogens with two attached hydrogens (primary N) is 1. The van der Waals surface area contributed by atoms with E-state index in [0.29, 0.717) is 17.9 Å². The van der Waals surface area contributed by atoms with Gasteiger partial charge in [0.1, 0.15) is 17.1 Å². The molecule has 1 amide bonds. The lowest BCUT2D eigenvalue weighted by Gasteiger charge is -2.32. The van der Waals surface area contributed by atoms with E-state index in [1.165, 1.54) is 5.56 Å². The van der Waals surface area contributed by atoms with Crippen LogP contribution in [0.2, 0.25) is 0 Å². The molecule has 1 spiro atoms. The van der Waals surface area contributed by atoms with Crippen LogP contribution in [-0.2, 0) is 16.0 Å². The highest BCUT2D eigenvalue weighted by molar-refractivity contribution is 7.98. The number of carbonyl (C=O) groups is 1. The van der Waals surface area contributed by atoms with E-state index in [9.17, 15) is 10.1 Å². The average molecular weight is 444 g/mol. The SMILES string of the molecule is CCN1C(=O)[C@]2(C(C#N)=C(N)Oc3n[nH]c(CSc4ccc(C)cc4)c32)c2ccccc21. The van der Waals surface area contributed by atoms with E-state index in [1.54, 1.807) is 16.7 Å². The van der Waals surface area contributed by atoms with Crippen LogP contribution < -0.4 is 15.4 Å². The Kier molecular flexibility index (Phi) is 4.72. The first-order valence-electron chi connectivity index (χ1n) is 10.3. The van der Waals surface area contributed by atoms with Crippen LogP contribution in [-0.4, -0.2) is 22.6 Å². The van der Waals surface area contributed by atoms with Crippen molar-refractivity contribution in [1.82, 2.24) is 10.2 Å². The zero-order valence-electron chi connectivity index (χ0n) is 17.7. The van der Waals surface area contributed by atoms with Gasteiger partial charge in [0.25, 0.3) is 0 Å². The smallest absolute Gasteiger partial charge is 0.247 e. The van der Waals surface area contributed by atoms with Crippen molar-refractivity contribution >= 4 is 23.4 Å². The van der Waals surface area contributed by atoms with Crippen LogP contribution in [0.4, 0.5) is 5.69 Å². The standard InChI is InChI=1S/C24H21N5O2S/c1-3-29-19-7-5-4-6-16(19)24(23(29)30)17(12-25)21(26)31-22-20(24)18(27-28-22)13-32-15-10-8-14(2)9-11-15/h4-11H,3,13,26H2,1-2H3,(H,27,28)/t24-/m0/s1. The summed E-state index contributed by atoms with van der Waals surface area (Å²) in [6.07, 6.45) is 0. The van der Waals surface area contributed by atoms with E-state index in [-0.39, 0.29) is 23.2 Å². The molecule has 0 saturated heterocycles. The Labute approximate surface area is 189 Å². The number of aromatic nitrogens is 2. The van der Waals surface area contributed by atoms with Crippen molar-refractivity contribution in [3.8, 4) is 11.9 Å². The Morgan fingerprint density at radius 1 is 1.25 bits per heavy atom. The molecule has 3 N–H and O–H groups in total. The molecule has 2 aromatic carbocycles. The number of aryl methyl sites for hydroxylation is 1. The van der Waals surface area contributed by atoms with E-state index in [1.807, 2.05) is 38.1 Å². The number of amides is 1.